The monoisotopic (exact) mass is 271 g/mol. The maximum Gasteiger partial charge on any atom is 0.406 e. The Balaban J connectivity index is 2.47. The smallest absolute Gasteiger partial charge is 0.332 e. The summed E-state index contributed by atoms with van der Waals surface area (Å²) in [5, 5.41) is 0. The van der Waals surface area contributed by atoms with Crippen molar-refractivity contribution in [1.29, 1.82) is 0 Å². The molecule has 0 bridgehead atoms. The fraction of sp³-hybridized carbons (Fsp3) is 0.909. The van der Waals surface area contributed by atoms with Crippen molar-refractivity contribution in [2.45, 2.75) is 38.3 Å². The van der Waals surface area contributed by atoms with Crippen LogP contribution in [0.3, 0.4) is 0 Å². The molecule has 1 aliphatic rings. The van der Waals surface area contributed by atoms with E-state index in [-0.39, 0.29) is 24.8 Å². The van der Waals surface area contributed by atoms with Gasteiger partial charge in [-0.2, -0.15) is 13.2 Å². The number of carbonyl (C=O) groups is 1. The van der Waals surface area contributed by atoms with E-state index in [0.717, 1.165) is 30.6 Å². The maximum absolute atomic E-state index is 12.3. The average Bonchev–Trinajstić information content (AvgIpc) is 2.67. The van der Waals surface area contributed by atoms with Crippen molar-refractivity contribution in [2.24, 2.45) is 5.92 Å². The van der Waals surface area contributed by atoms with Crippen LogP contribution in [0.15, 0.2) is 0 Å². The highest BCUT2D eigenvalue weighted by Gasteiger charge is 2.33. The third-order valence-electron chi connectivity index (χ3n) is 3.02. The fourth-order valence-electron chi connectivity index (χ4n) is 2.20. The molecule has 0 unspecified atom stereocenters. The van der Waals surface area contributed by atoms with Crippen molar-refractivity contribution in [3.05, 3.63) is 0 Å². The van der Waals surface area contributed by atoms with Crippen LogP contribution < -0.4 is 0 Å². The number of hydrogen-bond acceptors (Lipinski definition) is 1. The number of halogens is 4. The van der Waals surface area contributed by atoms with E-state index in [9.17, 15) is 18.0 Å². The van der Waals surface area contributed by atoms with Gasteiger partial charge in [-0.1, -0.05) is 12.8 Å². The maximum atomic E-state index is 12.3. The lowest BCUT2D eigenvalue weighted by atomic mass is 10.0. The Morgan fingerprint density at radius 1 is 1.29 bits per heavy atom. The lowest BCUT2D eigenvalue weighted by Crippen LogP contribution is -2.40. The van der Waals surface area contributed by atoms with Gasteiger partial charge in [0.2, 0.25) is 5.91 Å². The summed E-state index contributed by atoms with van der Waals surface area (Å²) in [6, 6.07) is 0. The molecule has 0 aromatic heterocycles. The lowest BCUT2D eigenvalue weighted by molar-refractivity contribution is -0.161. The van der Waals surface area contributed by atoms with E-state index in [4.69, 9.17) is 11.6 Å². The molecule has 2 nitrogen and oxygen atoms in total. The summed E-state index contributed by atoms with van der Waals surface area (Å²) in [5.74, 6) is -0.129. The molecule has 1 aliphatic carbocycles. The van der Waals surface area contributed by atoms with E-state index in [1.807, 2.05) is 0 Å². The van der Waals surface area contributed by atoms with E-state index in [0.29, 0.717) is 0 Å². The lowest BCUT2D eigenvalue weighted by Gasteiger charge is -2.24. The number of rotatable bonds is 5. The van der Waals surface area contributed by atoms with E-state index < -0.39 is 18.6 Å². The van der Waals surface area contributed by atoms with Gasteiger partial charge < -0.3 is 4.90 Å². The number of carbonyl (C=O) groups excluding carboxylic acids is 1. The normalized spacial score (nSPS) is 17.4. The molecule has 0 atom stereocenters. The zero-order chi connectivity index (χ0) is 12.9. The molecule has 17 heavy (non-hydrogen) atoms. The molecule has 0 aromatic rings. The zero-order valence-corrected chi connectivity index (χ0v) is 10.4. The van der Waals surface area contributed by atoms with Gasteiger partial charge in [0.1, 0.15) is 6.54 Å². The number of amides is 1. The third kappa shape index (κ3) is 5.61. The minimum atomic E-state index is -4.35. The second kappa shape index (κ2) is 6.47. The third-order valence-corrected chi connectivity index (χ3v) is 3.18. The first-order valence-electron chi connectivity index (χ1n) is 5.83. The Hall–Kier alpha value is -0.450. The van der Waals surface area contributed by atoms with Gasteiger partial charge >= 0.3 is 6.18 Å². The standard InChI is InChI=1S/C11H17ClF3NO/c12-5-6-16(8-11(13,14)15)10(17)7-9-3-1-2-4-9/h9H,1-8H2. The van der Waals surface area contributed by atoms with Crippen LogP contribution in [0, 0.1) is 5.92 Å². The summed E-state index contributed by atoms with van der Waals surface area (Å²) in [6.07, 6.45) is -0.0667. The van der Waals surface area contributed by atoms with E-state index >= 15 is 0 Å². The van der Waals surface area contributed by atoms with Crippen LogP contribution in [-0.4, -0.2) is 36.0 Å². The molecule has 0 saturated heterocycles. The summed E-state index contributed by atoms with van der Waals surface area (Å²) in [6.45, 7) is -1.22. The van der Waals surface area contributed by atoms with Gasteiger partial charge in [0.15, 0.2) is 0 Å². The summed E-state index contributed by atoms with van der Waals surface area (Å²) in [5.41, 5.74) is 0. The fourth-order valence-corrected chi connectivity index (χ4v) is 2.40. The summed E-state index contributed by atoms with van der Waals surface area (Å²) >= 11 is 5.42. The second-order valence-electron chi connectivity index (χ2n) is 4.47. The Kier molecular flexibility index (Phi) is 5.56. The second-order valence-corrected chi connectivity index (χ2v) is 4.85. The molecule has 0 N–H and O–H groups in total. The minimum Gasteiger partial charge on any atom is -0.332 e. The molecule has 1 amide bonds. The number of alkyl halides is 4. The van der Waals surface area contributed by atoms with Crippen LogP contribution in [-0.2, 0) is 4.79 Å². The molecule has 100 valence electrons. The number of hydrogen-bond donors (Lipinski definition) is 0. The zero-order valence-electron chi connectivity index (χ0n) is 9.60. The molecule has 0 heterocycles. The van der Waals surface area contributed by atoms with Crippen LogP contribution >= 0.6 is 11.6 Å². The largest absolute Gasteiger partial charge is 0.406 e. The molecule has 1 rings (SSSR count). The van der Waals surface area contributed by atoms with Crippen molar-refractivity contribution in [1.82, 2.24) is 4.90 Å². The predicted octanol–water partition coefficient (Wildman–Crippen LogP) is 3.20. The predicted molar refractivity (Wildman–Crippen MR) is 59.9 cm³/mol. The van der Waals surface area contributed by atoms with Gasteiger partial charge in [-0.15, -0.1) is 11.6 Å². The van der Waals surface area contributed by atoms with Crippen molar-refractivity contribution in [2.75, 3.05) is 19.0 Å². The van der Waals surface area contributed by atoms with Crippen LogP contribution in [0.4, 0.5) is 13.2 Å². The highest BCUT2D eigenvalue weighted by molar-refractivity contribution is 6.18. The topological polar surface area (TPSA) is 20.3 Å². The van der Waals surface area contributed by atoms with Gasteiger partial charge in [-0.25, -0.2) is 0 Å². The quantitative estimate of drug-likeness (QED) is 0.703. The summed E-state index contributed by atoms with van der Waals surface area (Å²) in [7, 11) is 0. The number of nitrogens with zero attached hydrogens (tertiary/aromatic N) is 1. The average molecular weight is 272 g/mol. The Bertz CT molecular complexity index is 252. The molecule has 0 aliphatic heterocycles. The first-order chi connectivity index (χ1) is 7.92. The molecule has 6 heteroatoms. The molecule has 0 radical (unpaired) electrons. The highest BCUT2D eigenvalue weighted by Crippen LogP contribution is 2.28. The van der Waals surface area contributed by atoms with Gasteiger partial charge in [0, 0.05) is 18.8 Å². The van der Waals surface area contributed by atoms with E-state index in [2.05, 4.69) is 0 Å². The van der Waals surface area contributed by atoms with Gasteiger partial charge in [-0.05, 0) is 18.8 Å². The van der Waals surface area contributed by atoms with E-state index in [1.54, 1.807) is 0 Å². The first-order valence-corrected chi connectivity index (χ1v) is 6.36. The Morgan fingerprint density at radius 2 is 1.88 bits per heavy atom. The van der Waals surface area contributed by atoms with E-state index in [1.165, 1.54) is 0 Å². The molecule has 0 spiro atoms. The van der Waals surface area contributed by atoms with Gasteiger partial charge in [0.25, 0.3) is 0 Å². The highest BCUT2D eigenvalue weighted by atomic mass is 35.5. The molecule has 1 saturated carbocycles. The van der Waals surface area contributed by atoms with Gasteiger partial charge in [0.05, 0.1) is 0 Å². The Morgan fingerprint density at radius 3 is 2.35 bits per heavy atom. The van der Waals surface area contributed by atoms with Crippen LogP contribution in [0.5, 0.6) is 0 Å². The Labute approximate surface area is 104 Å². The van der Waals surface area contributed by atoms with Crippen molar-refractivity contribution in [3.8, 4) is 0 Å². The SMILES string of the molecule is O=C(CC1CCCC1)N(CCCl)CC(F)(F)F. The van der Waals surface area contributed by atoms with Crippen LogP contribution in [0.1, 0.15) is 32.1 Å². The summed E-state index contributed by atoms with van der Waals surface area (Å²) < 4.78 is 36.8. The molecular formula is C11H17ClF3NO. The first kappa shape index (κ1) is 14.6. The van der Waals surface area contributed by atoms with Gasteiger partial charge in [-0.3, -0.25) is 4.79 Å². The molecule has 1 fully saturated rings. The van der Waals surface area contributed by atoms with Crippen molar-refractivity contribution >= 4 is 17.5 Å². The summed E-state index contributed by atoms with van der Waals surface area (Å²) in [4.78, 5) is 12.6. The molecular weight excluding hydrogens is 255 g/mol. The van der Waals surface area contributed by atoms with Crippen LogP contribution in [0.25, 0.3) is 0 Å². The minimum absolute atomic E-state index is 0.0342. The van der Waals surface area contributed by atoms with Crippen molar-refractivity contribution in [3.63, 3.8) is 0 Å². The molecule has 0 aromatic carbocycles. The van der Waals surface area contributed by atoms with Crippen molar-refractivity contribution < 1.29 is 18.0 Å². The van der Waals surface area contributed by atoms with Crippen LogP contribution in [0.2, 0.25) is 0 Å².